The SMILES string of the molecule is Cc1cc(O)c(C(C)C)cc1C1(C(F)(F)F)CC1. The minimum Gasteiger partial charge on any atom is -0.508 e. The summed E-state index contributed by atoms with van der Waals surface area (Å²) in [6.45, 7) is 5.35. The van der Waals surface area contributed by atoms with Crippen molar-refractivity contribution in [3.63, 3.8) is 0 Å². The van der Waals surface area contributed by atoms with Crippen molar-refractivity contribution in [2.75, 3.05) is 0 Å². The largest absolute Gasteiger partial charge is 0.508 e. The Kier molecular flexibility index (Phi) is 2.87. The first kappa shape index (κ1) is 13.2. The number of rotatable bonds is 2. The highest BCUT2D eigenvalue weighted by atomic mass is 19.4. The zero-order valence-electron chi connectivity index (χ0n) is 10.7. The molecular formula is C14H17F3O. The van der Waals surface area contributed by atoms with Gasteiger partial charge in [0.1, 0.15) is 5.75 Å². The standard InChI is InChI=1S/C14H17F3O/c1-8(2)10-7-11(9(3)6-12(10)18)13(4-5-13)14(15,16)17/h6-8,18H,4-5H2,1-3H3. The Morgan fingerprint density at radius 1 is 1.22 bits per heavy atom. The molecule has 0 spiro atoms. The summed E-state index contributed by atoms with van der Waals surface area (Å²) in [5.74, 6) is 0.0950. The van der Waals surface area contributed by atoms with Crippen LogP contribution in [0.4, 0.5) is 13.2 Å². The molecule has 1 aliphatic carbocycles. The van der Waals surface area contributed by atoms with Gasteiger partial charge in [-0.2, -0.15) is 13.2 Å². The van der Waals surface area contributed by atoms with E-state index in [1.807, 2.05) is 13.8 Å². The molecular weight excluding hydrogens is 241 g/mol. The maximum Gasteiger partial charge on any atom is 0.398 e. The molecule has 1 saturated carbocycles. The van der Waals surface area contributed by atoms with E-state index in [1.165, 1.54) is 12.1 Å². The van der Waals surface area contributed by atoms with Gasteiger partial charge in [0.2, 0.25) is 0 Å². The predicted octanol–water partition coefficient (Wildman–Crippen LogP) is 4.42. The number of aromatic hydroxyl groups is 1. The van der Waals surface area contributed by atoms with E-state index in [-0.39, 0.29) is 24.5 Å². The molecule has 0 aromatic heterocycles. The van der Waals surface area contributed by atoms with E-state index >= 15 is 0 Å². The summed E-state index contributed by atoms with van der Waals surface area (Å²) >= 11 is 0. The minimum absolute atomic E-state index is 0.00776. The maximum absolute atomic E-state index is 13.1. The van der Waals surface area contributed by atoms with Crippen molar-refractivity contribution in [2.24, 2.45) is 0 Å². The van der Waals surface area contributed by atoms with Crippen LogP contribution in [0.25, 0.3) is 0 Å². The highest BCUT2D eigenvalue weighted by Crippen LogP contribution is 2.60. The molecule has 1 aliphatic rings. The van der Waals surface area contributed by atoms with Crippen LogP contribution in [0.2, 0.25) is 0 Å². The molecule has 18 heavy (non-hydrogen) atoms. The molecule has 1 nitrogen and oxygen atoms in total. The lowest BCUT2D eigenvalue weighted by Gasteiger charge is -2.23. The third kappa shape index (κ3) is 1.88. The lowest BCUT2D eigenvalue weighted by molar-refractivity contribution is -0.160. The molecule has 4 heteroatoms. The fourth-order valence-electron chi connectivity index (χ4n) is 2.52. The first-order valence-corrected chi connectivity index (χ1v) is 6.10. The van der Waals surface area contributed by atoms with E-state index in [1.54, 1.807) is 6.92 Å². The van der Waals surface area contributed by atoms with Crippen LogP contribution in [-0.2, 0) is 5.41 Å². The first-order valence-electron chi connectivity index (χ1n) is 6.10. The Bertz CT molecular complexity index is 471. The Hall–Kier alpha value is -1.19. The van der Waals surface area contributed by atoms with Gasteiger partial charge in [-0.05, 0) is 48.4 Å². The lowest BCUT2D eigenvalue weighted by Crippen LogP contribution is -2.29. The highest BCUT2D eigenvalue weighted by Gasteiger charge is 2.64. The molecule has 1 fully saturated rings. The molecule has 0 heterocycles. The van der Waals surface area contributed by atoms with Gasteiger partial charge in [0, 0.05) is 0 Å². The van der Waals surface area contributed by atoms with E-state index in [4.69, 9.17) is 0 Å². The smallest absolute Gasteiger partial charge is 0.398 e. The third-order valence-electron chi connectivity index (χ3n) is 3.80. The number of benzene rings is 1. The monoisotopic (exact) mass is 258 g/mol. The van der Waals surface area contributed by atoms with E-state index in [2.05, 4.69) is 0 Å². The number of halogens is 3. The highest BCUT2D eigenvalue weighted by molar-refractivity contribution is 5.49. The Morgan fingerprint density at radius 2 is 1.78 bits per heavy atom. The molecule has 0 aliphatic heterocycles. The number of hydrogen-bond acceptors (Lipinski definition) is 1. The summed E-state index contributed by atoms with van der Waals surface area (Å²) in [5.41, 5.74) is -0.233. The third-order valence-corrected chi connectivity index (χ3v) is 3.80. The fourth-order valence-corrected chi connectivity index (χ4v) is 2.52. The zero-order valence-corrected chi connectivity index (χ0v) is 10.7. The van der Waals surface area contributed by atoms with Gasteiger partial charge in [-0.3, -0.25) is 0 Å². The van der Waals surface area contributed by atoms with Crippen molar-refractivity contribution in [2.45, 2.75) is 51.1 Å². The number of phenolic OH excluding ortho intramolecular Hbond substituents is 1. The maximum atomic E-state index is 13.1. The van der Waals surface area contributed by atoms with Gasteiger partial charge in [0.05, 0.1) is 5.41 Å². The summed E-state index contributed by atoms with van der Waals surface area (Å²) in [6.07, 6.45) is -3.90. The van der Waals surface area contributed by atoms with Gasteiger partial charge in [-0.25, -0.2) is 0 Å². The van der Waals surface area contributed by atoms with E-state index in [9.17, 15) is 18.3 Å². The van der Waals surface area contributed by atoms with Gasteiger partial charge >= 0.3 is 6.18 Å². The topological polar surface area (TPSA) is 20.2 Å². The second-order valence-electron chi connectivity index (χ2n) is 5.46. The second-order valence-corrected chi connectivity index (χ2v) is 5.46. The molecule has 1 N–H and O–H groups in total. The predicted molar refractivity (Wildman–Crippen MR) is 63.9 cm³/mol. The van der Waals surface area contributed by atoms with Crippen LogP contribution < -0.4 is 0 Å². The van der Waals surface area contributed by atoms with Crippen molar-refractivity contribution in [1.29, 1.82) is 0 Å². The molecule has 1 aromatic rings. The summed E-state index contributed by atoms with van der Waals surface area (Å²) in [7, 11) is 0. The number of hydrogen-bond donors (Lipinski definition) is 1. The second kappa shape index (κ2) is 3.90. The molecule has 100 valence electrons. The van der Waals surface area contributed by atoms with Crippen LogP contribution >= 0.6 is 0 Å². The zero-order chi connectivity index (χ0) is 13.7. The van der Waals surface area contributed by atoms with E-state index in [0.717, 1.165) is 0 Å². The van der Waals surface area contributed by atoms with Gasteiger partial charge in [-0.1, -0.05) is 19.9 Å². The Morgan fingerprint density at radius 3 is 2.17 bits per heavy atom. The minimum atomic E-state index is -4.21. The van der Waals surface area contributed by atoms with Gasteiger partial charge in [0.15, 0.2) is 0 Å². The molecule has 0 radical (unpaired) electrons. The average Bonchev–Trinajstić information content (AvgIpc) is 2.96. The van der Waals surface area contributed by atoms with E-state index in [0.29, 0.717) is 16.7 Å². The van der Waals surface area contributed by atoms with Crippen molar-refractivity contribution < 1.29 is 18.3 Å². The van der Waals surface area contributed by atoms with Crippen LogP contribution in [-0.4, -0.2) is 11.3 Å². The first-order chi connectivity index (χ1) is 8.19. The molecule has 0 saturated heterocycles. The summed E-state index contributed by atoms with van der Waals surface area (Å²) in [5, 5.41) is 9.79. The van der Waals surface area contributed by atoms with Crippen molar-refractivity contribution in [3.05, 3.63) is 28.8 Å². The molecule has 0 unspecified atom stereocenters. The number of phenols is 1. The summed E-state index contributed by atoms with van der Waals surface area (Å²) in [4.78, 5) is 0. The quantitative estimate of drug-likeness (QED) is 0.832. The van der Waals surface area contributed by atoms with Crippen LogP contribution in [0.3, 0.4) is 0 Å². The molecule has 0 bridgehead atoms. The Labute approximate surface area is 105 Å². The van der Waals surface area contributed by atoms with Crippen LogP contribution in [0.15, 0.2) is 12.1 Å². The Balaban J connectivity index is 2.56. The lowest BCUT2D eigenvalue weighted by atomic mass is 9.87. The van der Waals surface area contributed by atoms with Crippen molar-refractivity contribution in [1.82, 2.24) is 0 Å². The fraction of sp³-hybridized carbons (Fsp3) is 0.571. The van der Waals surface area contributed by atoms with Gasteiger partial charge in [-0.15, -0.1) is 0 Å². The number of alkyl halides is 3. The van der Waals surface area contributed by atoms with Crippen molar-refractivity contribution in [3.8, 4) is 5.75 Å². The molecule has 0 atom stereocenters. The van der Waals surface area contributed by atoms with Crippen LogP contribution in [0.5, 0.6) is 5.75 Å². The molecule has 1 aromatic carbocycles. The van der Waals surface area contributed by atoms with Crippen LogP contribution in [0, 0.1) is 6.92 Å². The normalized spacial score (nSPS) is 18.2. The number of aryl methyl sites for hydroxylation is 1. The van der Waals surface area contributed by atoms with Gasteiger partial charge in [0.25, 0.3) is 0 Å². The summed E-state index contributed by atoms with van der Waals surface area (Å²) in [6, 6.07) is 2.99. The van der Waals surface area contributed by atoms with Crippen molar-refractivity contribution >= 4 is 0 Å². The molecule has 2 rings (SSSR count). The van der Waals surface area contributed by atoms with Crippen LogP contribution in [0.1, 0.15) is 49.3 Å². The average molecular weight is 258 g/mol. The van der Waals surface area contributed by atoms with Gasteiger partial charge < -0.3 is 5.11 Å². The van der Waals surface area contributed by atoms with E-state index < -0.39 is 11.6 Å². The summed E-state index contributed by atoms with van der Waals surface area (Å²) < 4.78 is 39.4. The molecule has 0 amide bonds.